The van der Waals surface area contributed by atoms with Crippen molar-refractivity contribution in [1.29, 1.82) is 0 Å². The molecule has 1 aliphatic carbocycles. The van der Waals surface area contributed by atoms with Crippen LogP contribution in [0.3, 0.4) is 0 Å². The summed E-state index contributed by atoms with van der Waals surface area (Å²) in [4.78, 5) is 4.52. The lowest BCUT2D eigenvalue weighted by Crippen LogP contribution is -2.06. The third kappa shape index (κ3) is 3.07. The van der Waals surface area contributed by atoms with Gasteiger partial charge in [-0.2, -0.15) is 4.98 Å². The average Bonchev–Trinajstić information content (AvgIpc) is 2.90. The monoisotopic (exact) mass is 279 g/mol. The molecule has 1 aliphatic rings. The normalized spacial score (nSPS) is 16.0. The summed E-state index contributed by atoms with van der Waals surface area (Å²) < 4.78 is 5.34. The quantitative estimate of drug-likeness (QED) is 0.850. The number of hydrogen-bond donors (Lipinski definition) is 1. The maximum Gasteiger partial charge on any atom is 0.257 e. The van der Waals surface area contributed by atoms with E-state index < -0.39 is 0 Å². The number of rotatable bonds is 2. The fourth-order valence-corrected chi connectivity index (χ4v) is 2.50. The Bertz CT molecular complexity index is 518. The molecule has 1 aromatic carbocycles. The third-order valence-corrected chi connectivity index (χ3v) is 3.57. The van der Waals surface area contributed by atoms with Gasteiger partial charge in [0.25, 0.3) is 5.89 Å². The largest absolute Gasteiger partial charge is 0.399 e. The first-order chi connectivity index (χ1) is 8.83. The van der Waals surface area contributed by atoms with Gasteiger partial charge in [-0.25, -0.2) is 0 Å². The van der Waals surface area contributed by atoms with Gasteiger partial charge in [-0.05, 0) is 37.1 Å². The minimum atomic E-state index is 0. The number of hydrogen-bond acceptors (Lipinski definition) is 4. The topological polar surface area (TPSA) is 64.9 Å². The highest BCUT2D eigenvalue weighted by atomic mass is 35.5. The van der Waals surface area contributed by atoms with E-state index in [2.05, 4.69) is 10.1 Å². The van der Waals surface area contributed by atoms with E-state index in [1.54, 1.807) is 0 Å². The van der Waals surface area contributed by atoms with Crippen LogP contribution in [0.2, 0.25) is 0 Å². The van der Waals surface area contributed by atoms with E-state index in [1.165, 1.54) is 32.1 Å². The van der Waals surface area contributed by atoms with Gasteiger partial charge in [-0.15, -0.1) is 12.4 Å². The Hall–Kier alpha value is -1.55. The number of nitrogens with two attached hydrogens (primary N) is 1. The first-order valence-corrected chi connectivity index (χ1v) is 6.52. The molecule has 1 saturated carbocycles. The second-order valence-electron chi connectivity index (χ2n) is 4.91. The van der Waals surface area contributed by atoms with Crippen LogP contribution in [0.25, 0.3) is 11.5 Å². The molecule has 0 spiro atoms. The van der Waals surface area contributed by atoms with E-state index >= 15 is 0 Å². The van der Waals surface area contributed by atoms with Crippen LogP contribution in [0.15, 0.2) is 28.8 Å². The summed E-state index contributed by atoms with van der Waals surface area (Å²) in [6.07, 6.45) is 6.24. The van der Waals surface area contributed by atoms with E-state index in [1.807, 2.05) is 24.3 Å². The van der Waals surface area contributed by atoms with Crippen molar-refractivity contribution in [3.8, 4) is 11.5 Å². The number of nitrogens with zero attached hydrogens (tertiary/aromatic N) is 2. The van der Waals surface area contributed by atoms with Crippen molar-refractivity contribution in [3.63, 3.8) is 0 Å². The Kier molecular flexibility index (Phi) is 4.43. The fourth-order valence-electron chi connectivity index (χ4n) is 2.50. The molecular weight excluding hydrogens is 262 g/mol. The van der Waals surface area contributed by atoms with Crippen LogP contribution >= 0.6 is 12.4 Å². The van der Waals surface area contributed by atoms with Crippen LogP contribution in [0.4, 0.5) is 5.69 Å². The number of anilines is 1. The molecule has 2 aromatic rings. The Morgan fingerprint density at radius 2 is 1.74 bits per heavy atom. The van der Waals surface area contributed by atoms with Gasteiger partial charge in [0.1, 0.15) is 0 Å². The number of benzene rings is 1. The van der Waals surface area contributed by atoms with Gasteiger partial charge in [0.15, 0.2) is 5.82 Å². The van der Waals surface area contributed by atoms with Gasteiger partial charge < -0.3 is 10.3 Å². The summed E-state index contributed by atoms with van der Waals surface area (Å²) in [7, 11) is 0. The van der Waals surface area contributed by atoms with Crippen molar-refractivity contribution in [2.24, 2.45) is 0 Å². The van der Waals surface area contributed by atoms with Gasteiger partial charge in [0.05, 0.1) is 0 Å². The molecule has 0 aliphatic heterocycles. The molecule has 0 atom stereocenters. The summed E-state index contributed by atoms with van der Waals surface area (Å²) in [5, 5.41) is 4.12. The van der Waals surface area contributed by atoms with Gasteiger partial charge in [-0.3, -0.25) is 0 Å². The number of halogens is 1. The molecule has 0 saturated heterocycles. The van der Waals surface area contributed by atoms with Crippen molar-refractivity contribution >= 4 is 18.1 Å². The van der Waals surface area contributed by atoms with E-state index in [-0.39, 0.29) is 12.4 Å². The van der Waals surface area contributed by atoms with E-state index in [9.17, 15) is 0 Å². The molecule has 0 bridgehead atoms. The fraction of sp³-hybridized carbons (Fsp3) is 0.429. The zero-order valence-electron chi connectivity index (χ0n) is 10.7. The van der Waals surface area contributed by atoms with Gasteiger partial charge in [0, 0.05) is 17.2 Å². The zero-order valence-corrected chi connectivity index (χ0v) is 11.5. The molecule has 0 amide bonds. The van der Waals surface area contributed by atoms with E-state index in [0.29, 0.717) is 11.8 Å². The predicted molar refractivity (Wildman–Crippen MR) is 77.2 cm³/mol. The lowest BCUT2D eigenvalue weighted by molar-refractivity contribution is 0.385. The summed E-state index contributed by atoms with van der Waals surface area (Å²) >= 11 is 0. The molecule has 1 aromatic heterocycles. The molecule has 2 N–H and O–H groups in total. The molecule has 3 rings (SSSR count). The second kappa shape index (κ2) is 6.06. The molecule has 4 nitrogen and oxygen atoms in total. The van der Waals surface area contributed by atoms with Gasteiger partial charge >= 0.3 is 0 Å². The number of aromatic nitrogens is 2. The maximum absolute atomic E-state index is 5.66. The van der Waals surface area contributed by atoms with Crippen LogP contribution in [0.5, 0.6) is 0 Å². The van der Waals surface area contributed by atoms with Gasteiger partial charge in [-0.1, -0.05) is 24.4 Å². The molecule has 102 valence electrons. The lowest BCUT2D eigenvalue weighted by atomic mass is 9.89. The first kappa shape index (κ1) is 13.9. The van der Waals surface area contributed by atoms with Gasteiger partial charge in [0.2, 0.25) is 0 Å². The summed E-state index contributed by atoms with van der Waals surface area (Å²) in [6.45, 7) is 0. The van der Waals surface area contributed by atoms with Crippen LogP contribution in [0, 0.1) is 0 Å². The Labute approximate surface area is 118 Å². The van der Waals surface area contributed by atoms with Crippen molar-refractivity contribution < 1.29 is 4.52 Å². The molecule has 19 heavy (non-hydrogen) atoms. The second-order valence-corrected chi connectivity index (χ2v) is 4.91. The molecule has 1 heterocycles. The molecule has 0 radical (unpaired) electrons. The summed E-state index contributed by atoms with van der Waals surface area (Å²) in [5.74, 6) is 1.93. The average molecular weight is 280 g/mol. The minimum absolute atomic E-state index is 0. The summed E-state index contributed by atoms with van der Waals surface area (Å²) in [6, 6.07) is 7.51. The molecular formula is C14H18ClN3O. The maximum atomic E-state index is 5.66. The highest BCUT2D eigenvalue weighted by Crippen LogP contribution is 2.32. The van der Waals surface area contributed by atoms with Crippen LogP contribution < -0.4 is 5.73 Å². The number of nitrogen functional groups attached to an aromatic ring is 1. The highest BCUT2D eigenvalue weighted by Gasteiger charge is 2.21. The Morgan fingerprint density at radius 1 is 1.05 bits per heavy atom. The minimum Gasteiger partial charge on any atom is -0.399 e. The SMILES string of the molecule is Cl.Nc1ccc(-c2nc(C3CCCCC3)no2)cc1. The predicted octanol–water partition coefficient (Wildman–Crippen LogP) is 3.79. The van der Waals surface area contributed by atoms with Crippen LogP contribution in [0.1, 0.15) is 43.8 Å². The highest BCUT2D eigenvalue weighted by molar-refractivity contribution is 5.85. The smallest absolute Gasteiger partial charge is 0.257 e. The summed E-state index contributed by atoms with van der Waals surface area (Å²) in [5.41, 5.74) is 7.33. The Balaban J connectivity index is 0.00000133. The van der Waals surface area contributed by atoms with E-state index in [4.69, 9.17) is 10.3 Å². The molecule has 5 heteroatoms. The van der Waals surface area contributed by atoms with Crippen molar-refractivity contribution in [1.82, 2.24) is 10.1 Å². The van der Waals surface area contributed by atoms with Crippen molar-refractivity contribution in [2.45, 2.75) is 38.0 Å². The van der Waals surface area contributed by atoms with Crippen LogP contribution in [-0.2, 0) is 0 Å². The lowest BCUT2D eigenvalue weighted by Gasteiger charge is -2.17. The standard InChI is InChI=1S/C14H17N3O.ClH/c15-12-8-6-11(7-9-12)14-16-13(17-18-14)10-4-2-1-3-5-10;/h6-10H,1-5,15H2;1H. The third-order valence-electron chi connectivity index (χ3n) is 3.57. The first-order valence-electron chi connectivity index (χ1n) is 6.52. The van der Waals surface area contributed by atoms with Crippen LogP contribution in [-0.4, -0.2) is 10.1 Å². The van der Waals surface area contributed by atoms with E-state index in [0.717, 1.165) is 17.1 Å². The molecule has 1 fully saturated rings. The zero-order chi connectivity index (χ0) is 12.4. The Morgan fingerprint density at radius 3 is 2.42 bits per heavy atom. The van der Waals surface area contributed by atoms with Crippen molar-refractivity contribution in [3.05, 3.63) is 30.1 Å². The van der Waals surface area contributed by atoms with Crippen molar-refractivity contribution in [2.75, 3.05) is 5.73 Å². The molecule has 0 unspecified atom stereocenters.